The minimum absolute atomic E-state index is 0.00592. The molecular formula is C79H102Cl2O12. The van der Waals surface area contributed by atoms with Crippen LogP contribution < -0.4 is 9.47 Å². The predicted octanol–water partition coefficient (Wildman–Crippen LogP) is 19.0. The normalized spacial score (nSPS) is 27.0. The average Bonchev–Trinajstić information content (AvgIpc) is 0.737. The van der Waals surface area contributed by atoms with Crippen LogP contribution in [0.2, 0.25) is 0 Å². The first kappa shape index (κ1) is 73.9. The van der Waals surface area contributed by atoms with E-state index in [0.29, 0.717) is 35.2 Å². The van der Waals surface area contributed by atoms with Gasteiger partial charge in [0, 0.05) is 22.0 Å². The number of Topliss-reactive ketones (excluding diaryl/α,β-unsaturated/α-hetero) is 2. The summed E-state index contributed by atoms with van der Waals surface area (Å²) in [5.41, 5.74) is 10.6. The van der Waals surface area contributed by atoms with Gasteiger partial charge in [-0.1, -0.05) is 114 Å². The van der Waals surface area contributed by atoms with Crippen LogP contribution >= 0.6 is 23.2 Å². The quantitative estimate of drug-likeness (QED) is 0.0555. The third kappa shape index (κ3) is 14.8. The van der Waals surface area contributed by atoms with E-state index in [4.69, 9.17) is 42.9 Å². The van der Waals surface area contributed by atoms with Gasteiger partial charge in [-0.05, 0) is 290 Å². The molecular weight excluding hydrogens is 1210 g/mol. The van der Waals surface area contributed by atoms with Gasteiger partial charge in [-0.25, -0.2) is 4.79 Å². The molecule has 6 aliphatic rings. The van der Waals surface area contributed by atoms with Crippen molar-refractivity contribution in [1.29, 1.82) is 0 Å². The summed E-state index contributed by atoms with van der Waals surface area (Å²) in [4.78, 5) is 72.9. The lowest BCUT2D eigenvalue weighted by atomic mass is 9.49. The smallest absolute Gasteiger partial charge is 0.335 e. The number of aryl methyl sites for hydroxylation is 3. The molecule has 5 aromatic carbocycles. The van der Waals surface area contributed by atoms with Crippen molar-refractivity contribution in [3.63, 3.8) is 0 Å². The molecule has 0 bridgehead atoms. The number of carbonyl (C=O) groups excluding carboxylic acids is 4. The van der Waals surface area contributed by atoms with E-state index < -0.39 is 28.0 Å². The van der Waals surface area contributed by atoms with Crippen molar-refractivity contribution in [2.45, 2.75) is 227 Å². The number of ether oxygens (including phenoxy) is 2. The Bertz CT molecular complexity index is 3250. The number of aromatic hydroxyl groups is 2. The number of halogens is 2. The van der Waals surface area contributed by atoms with E-state index in [1.54, 1.807) is 28.1 Å². The molecule has 3 saturated carbocycles. The molecule has 9 unspecified atom stereocenters. The largest absolute Gasteiger partial charge is 0.508 e. The maximum Gasteiger partial charge on any atom is 0.335 e. The highest BCUT2D eigenvalue weighted by Gasteiger charge is 2.57. The summed E-state index contributed by atoms with van der Waals surface area (Å²) in [5.74, 6) is 2.28. The number of ketones is 2. The topological polar surface area (TPSA) is 202 Å². The molecule has 9 atom stereocenters. The van der Waals surface area contributed by atoms with Crippen LogP contribution in [0, 0.1) is 34.0 Å². The second-order valence-electron chi connectivity index (χ2n) is 29.8. The number of methoxy groups -OCH3 is 2. The molecule has 93 heavy (non-hydrogen) atoms. The minimum Gasteiger partial charge on any atom is -0.508 e. The lowest BCUT2D eigenvalue weighted by Gasteiger charge is -2.54. The number of fused-ring (bicyclic) bond motifs is 9. The fourth-order valence-electron chi connectivity index (χ4n) is 17.8. The maximum atomic E-state index is 12.5. The van der Waals surface area contributed by atoms with Crippen LogP contribution in [0.3, 0.4) is 0 Å². The number of carboxylic acid groups (broad SMARTS) is 2. The molecule has 3 fully saturated rings. The Kier molecular flexibility index (Phi) is 23.2. The second-order valence-corrected chi connectivity index (χ2v) is 30.4. The Hall–Kier alpha value is -6.50. The molecule has 0 aromatic heterocycles. The van der Waals surface area contributed by atoms with Crippen LogP contribution in [0.25, 0.3) is 0 Å². The van der Waals surface area contributed by atoms with Gasteiger partial charge in [0.1, 0.15) is 28.8 Å². The zero-order valence-electron chi connectivity index (χ0n) is 58.0. The first-order chi connectivity index (χ1) is 43.5. The monoisotopic (exact) mass is 1310 g/mol. The molecule has 5 aromatic rings. The van der Waals surface area contributed by atoms with E-state index in [2.05, 4.69) is 79.7 Å². The number of rotatable bonds is 11. The Labute approximate surface area is 563 Å². The van der Waals surface area contributed by atoms with E-state index in [9.17, 15) is 39.0 Å². The summed E-state index contributed by atoms with van der Waals surface area (Å²) >= 11 is 11.9. The molecule has 4 N–H and O–H groups in total. The highest BCUT2D eigenvalue weighted by atomic mass is 35.5. The summed E-state index contributed by atoms with van der Waals surface area (Å²) in [6, 6.07) is 25.7. The molecule has 12 nitrogen and oxygen atoms in total. The van der Waals surface area contributed by atoms with Gasteiger partial charge in [-0.3, -0.25) is 24.0 Å². The van der Waals surface area contributed by atoms with Gasteiger partial charge < -0.3 is 29.9 Å². The molecule has 14 heteroatoms. The number of phenolic OH excluding ortho intramolecular Hbond substituents is 2. The Morgan fingerprint density at radius 3 is 1.11 bits per heavy atom. The van der Waals surface area contributed by atoms with E-state index in [1.165, 1.54) is 57.6 Å². The first-order valence-electron chi connectivity index (χ1n) is 33.5. The summed E-state index contributed by atoms with van der Waals surface area (Å²) in [6.45, 7) is 28.8. The highest BCUT2D eigenvalue weighted by Crippen LogP contribution is 2.61. The number of aliphatic carboxylic acids is 1. The van der Waals surface area contributed by atoms with Gasteiger partial charge in [0.05, 0.1) is 25.2 Å². The van der Waals surface area contributed by atoms with Crippen molar-refractivity contribution < 1.29 is 58.7 Å². The predicted molar refractivity (Wildman–Crippen MR) is 371 cm³/mol. The lowest BCUT2D eigenvalue weighted by molar-refractivity contribution is -0.157. The number of carbonyl (C=O) groups is 6. The number of hydrogen-bond donors (Lipinski definition) is 4. The van der Waals surface area contributed by atoms with Gasteiger partial charge in [0.2, 0.25) is 5.24 Å². The molecule has 11 rings (SSSR count). The summed E-state index contributed by atoms with van der Waals surface area (Å²) < 4.78 is 9.92. The molecule has 0 aliphatic heterocycles. The van der Waals surface area contributed by atoms with Crippen molar-refractivity contribution >= 4 is 57.2 Å². The van der Waals surface area contributed by atoms with Crippen molar-refractivity contribution in [3.8, 4) is 23.0 Å². The van der Waals surface area contributed by atoms with Crippen LogP contribution in [-0.4, -0.2) is 68.6 Å². The first-order valence-corrected chi connectivity index (χ1v) is 34.3. The summed E-state index contributed by atoms with van der Waals surface area (Å²) in [7, 11) is 3.28. The number of phenols is 2. The van der Waals surface area contributed by atoms with Crippen LogP contribution in [0.5, 0.6) is 23.0 Å². The number of hydrogen-bond acceptors (Lipinski definition) is 10. The third-order valence-corrected chi connectivity index (χ3v) is 23.8. The molecule has 0 amide bonds. The van der Waals surface area contributed by atoms with Gasteiger partial charge in [-0.2, -0.15) is 0 Å². The molecule has 6 aliphatic carbocycles. The summed E-state index contributed by atoms with van der Waals surface area (Å²) in [6.07, 6.45) is 14.2. The highest BCUT2D eigenvalue weighted by molar-refractivity contribution is 6.68. The number of benzene rings is 5. The second kappa shape index (κ2) is 29.2. The zero-order chi connectivity index (χ0) is 69.1. The standard InChI is InChI=1S/C23H32O2.C21H26Cl2O2.C21H28O4.C8H10O2.C6H6O2/c1-14(2)18-12-17-8-9-21-22(5,16(4)25)10-7-11-23(21,6)20(17)13-19(18)15(3)24;1-12(2)14-10-13-6-7-17-20(3,16(13)11-15(14)18(22)24)8-5-9-21(17,4)19(23)25;1-12(2)14-10-13-6-7-17-20(3,16(13)11-15(14)18(22)23)8-5-9-21(17,4)19(24)25;1-9-7-3-5-8(10-2)6-4-7;7-5-1-2-6(8)4-3-5/h12-14,21H,7-11H2,1-6H3;10-12,17H,5-9H2,1-4H3;10-12,17H,5-9H2,1-4H3,(H,22,23)(H,24,25);3-6H,1-2H3;1-4,7-8H. The minimum atomic E-state index is -0.894. The van der Waals surface area contributed by atoms with Crippen molar-refractivity contribution in [2.24, 2.45) is 34.0 Å². The summed E-state index contributed by atoms with van der Waals surface area (Å²) in [5, 5.41) is 36.2. The van der Waals surface area contributed by atoms with Gasteiger partial charge in [0.25, 0.3) is 5.24 Å². The van der Waals surface area contributed by atoms with E-state index in [1.807, 2.05) is 64.1 Å². The van der Waals surface area contributed by atoms with Gasteiger partial charge in [0.15, 0.2) is 5.78 Å². The van der Waals surface area contributed by atoms with E-state index in [0.717, 1.165) is 124 Å². The Balaban J connectivity index is 0.000000174. The van der Waals surface area contributed by atoms with Crippen molar-refractivity contribution in [3.05, 3.63) is 152 Å². The molecule has 0 saturated heterocycles. The van der Waals surface area contributed by atoms with Crippen LogP contribution in [0.1, 0.15) is 273 Å². The van der Waals surface area contributed by atoms with E-state index in [-0.39, 0.29) is 67.9 Å². The molecule has 504 valence electrons. The van der Waals surface area contributed by atoms with Crippen LogP contribution in [0.15, 0.2) is 84.9 Å². The van der Waals surface area contributed by atoms with Gasteiger partial charge >= 0.3 is 11.9 Å². The number of carboxylic acids is 2. The molecule has 0 spiro atoms. The van der Waals surface area contributed by atoms with E-state index >= 15 is 0 Å². The van der Waals surface area contributed by atoms with Crippen molar-refractivity contribution in [2.75, 3.05) is 14.2 Å². The lowest BCUT2D eigenvalue weighted by Crippen LogP contribution is -2.52. The fraction of sp³-hybridized carbons (Fsp3) is 0.544. The molecule has 0 heterocycles. The van der Waals surface area contributed by atoms with Crippen LogP contribution in [0.4, 0.5) is 0 Å². The Morgan fingerprint density at radius 2 is 0.785 bits per heavy atom. The third-order valence-electron chi connectivity index (χ3n) is 23.1. The average molecular weight is 1310 g/mol. The fourth-order valence-corrected chi connectivity index (χ4v) is 18.2. The zero-order valence-corrected chi connectivity index (χ0v) is 59.5. The number of aromatic carboxylic acids is 1. The maximum absolute atomic E-state index is 12.5. The molecule has 0 radical (unpaired) electrons. The van der Waals surface area contributed by atoms with Crippen LogP contribution in [-0.2, 0) is 49.9 Å². The van der Waals surface area contributed by atoms with Gasteiger partial charge in [-0.15, -0.1) is 0 Å². The Morgan fingerprint density at radius 1 is 0.462 bits per heavy atom. The SMILES string of the molecule is CC(=O)c1cc2c(cc1C(C)C)CCC1C(C)(C(C)=O)CCCC21C.CC(C)c1cc2c(cc1C(=O)Cl)C1(C)CCCC(C)(C(=O)Cl)C1CC2.CC(C)c1cc2c(cc1C(=O)O)C1(C)CCCC(C)(C(=O)O)C1CC2.COc1ccc(OC)cc1.Oc1ccc(O)cc1. The van der Waals surface area contributed by atoms with Crippen molar-refractivity contribution in [1.82, 2.24) is 0 Å².